The maximum absolute atomic E-state index is 12.4. The van der Waals surface area contributed by atoms with Gasteiger partial charge in [-0.3, -0.25) is 5.10 Å². The van der Waals surface area contributed by atoms with E-state index in [-0.39, 0.29) is 12.0 Å². The summed E-state index contributed by atoms with van der Waals surface area (Å²) < 4.78 is 37.2. The molecule has 0 saturated carbocycles. The lowest BCUT2D eigenvalue weighted by Crippen LogP contribution is -2.08. The van der Waals surface area contributed by atoms with Crippen molar-refractivity contribution < 1.29 is 13.2 Å². The molecule has 0 aromatic carbocycles. The van der Waals surface area contributed by atoms with Gasteiger partial charge in [0.15, 0.2) is 0 Å². The van der Waals surface area contributed by atoms with Gasteiger partial charge >= 0.3 is 6.18 Å². The first-order valence-electron chi connectivity index (χ1n) is 5.30. The van der Waals surface area contributed by atoms with Gasteiger partial charge in [-0.2, -0.15) is 18.3 Å². The summed E-state index contributed by atoms with van der Waals surface area (Å²) >= 11 is 0. The second-order valence-corrected chi connectivity index (χ2v) is 3.59. The summed E-state index contributed by atoms with van der Waals surface area (Å²) in [5, 5.41) is 5.41. The minimum atomic E-state index is -4.34. The predicted octanol–water partition coefficient (Wildman–Crippen LogP) is 3.72. The van der Waals surface area contributed by atoms with Crippen LogP contribution in [0.2, 0.25) is 0 Å². The third-order valence-corrected chi connectivity index (χ3v) is 2.23. The van der Waals surface area contributed by atoms with Crippen LogP contribution in [0.25, 0.3) is 0 Å². The van der Waals surface area contributed by atoms with Crippen LogP contribution in [0.3, 0.4) is 0 Å². The van der Waals surface area contributed by atoms with E-state index >= 15 is 0 Å². The summed E-state index contributed by atoms with van der Waals surface area (Å²) in [5.74, 6) is 0. The molecule has 1 N–H and O–H groups in total. The Morgan fingerprint density at radius 1 is 1.38 bits per heavy atom. The molecule has 0 unspecified atom stereocenters. The van der Waals surface area contributed by atoms with Gasteiger partial charge in [-0.15, -0.1) is 0 Å². The van der Waals surface area contributed by atoms with Crippen molar-refractivity contribution in [3.05, 3.63) is 29.6 Å². The van der Waals surface area contributed by atoms with E-state index in [1.54, 1.807) is 6.08 Å². The van der Waals surface area contributed by atoms with Gasteiger partial charge in [0.1, 0.15) is 5.69 Å². The van der Waals surface area contributed by atoms with Crippen molar-refractivity contribution in [2.24, 2.45) is 0 Å². The number of aromatic amines is 1. The Kier molecular flexibility index (Phi) is 4.58. The van der Waals surface area contributed by atoms with Gasteiger partial charge in [0, 0.05) is 5.56 Å². The number of allylic oxidation sites excluding steroid dienone is 2. The van der Waals surface area contributed by atoms with E-state index in [1.165, 1.54) is 6.20 Å². The molecule has 0 aliphatic carbocycles. The van der Waals surface area contributed by atoms with Crippen LogP contribution in [0.5, 0.6) is 0 Å². The summed E-state index contributed by atoms with van der Waals surface area (Å²) in [6, 6.07) is 0. The molecule has 0 bridgehead atoms. The van der Waals surface area contributed by atoms with E-state index < -0.39 is 11.9 Å². The van der Waals surface area contributed by atoms with E-state index in [2.05, 4.69) is 12.0 Å². The maximum atomic E-state index is 12.4. The standard InChI is InChI=1S/C11H15F3N2/c1-2-3-4-5-6-7-9-8-15-16-10(9)11(12,13)14/h5-6,8H,2-4,7H2,1H3,(H,15,16)/b6-5+. The summed E-state index contributed by atoms with van der Waals surface area (Å²) in [7, 11) is 0. The van der Waals surface area contributed by atoms with Gasteiger partial charge in [0.05, 0.1) is 6.20 Å². The number of unbranched alkanes of at least 4 members (excludes halogenated alkanes) is 2. The Hall–Kier alpha value is -1.26. The molecule has 90 valence electrons. The average molecular weight is 232 g/mol. The molecule has 0 fully saturated rings. The van der Waals surface area contributed by atoms with Crippen molar-refractivity contribution in [1.82, 2.24) is 10.2 Å². The largest absolute Gasteiger partial charge is 0.433 e. The van der Waals surface area contributed by atoms with Crippen molar-refractivity contribution in [1.29, 1.82) is 0 Å². The zero-order valence-corrected chi connectivity index (χ0v) is 9.14. The number of hydrogen-bond donors (Lipinski definition) is 1. The van der Waals surface area contributed by atoms with E-state index in [9.17, 15) is 13.2 Å². The van der Waals surface area contributed by atoms with Gasteiger partial charge in [-0.05, 0) is 12.8 Å². The highest BCUT2D eigenvalue weighted by Crippen LogP contribution is 2.30. The van der Waals surface area contributed by atoms with Crippen molar-refractivity contribution in [2.75, 3.05) is 0 Å². The maximum Gasteiger partial charge on any atom is 0.433 e. The minimum Gasteiger partial charge on any atom is -0.273 e. The fourth-order valence-corrected chi connectivity index (χ4v) is 1.36. The molecule has 0 amide bonds. The number of nitrogens with one attached hydrogen (secondary N) is 1. The fourth-order valence-electron chi connectivity index (χ4n) is 1.36. The van der Waals surface area contributed by atoms with Gasteiger partial charge < -0.3 is 0 Å². The average Bonchev–Trinajstić information content (AvgIpc) is 2.65. The highest BCUT2D eigenvalue weighted by atomic mass is 19.4. The lowest BCUT2D eigenvalue weighted by Gasteiger charge is -2.04. The molecule has 16 heavy (non-hydrogen) atoms. The van der Waals surface area contributed by atoms with Crippen LogP contribution in [-0.4, -0.2) is 10.2 Å². The van der Waals surface area contributed by atoms with Crippen LogP contribution < -0.4 is 0 Å². The summed E-state index contributed by atoms with van der Waals surface area (Å²) in [6.07, 6.45) is 3.89. The highest BCUT2D eigenvalue weighted by molar-refractivity contribution is 5.21. The first-order valence-corrected chi connectivity index (χ1v) is 5.30. The second-order valence-electron chi connectivity index (χ2n) is 3.59. The molecule has 1 aromatic rings. The molecule has 1 heterocycles. The van der Waals surface area contributed by atoms with Crippen molar-refractivity contribution in [3.8, 4) is 0 Å². The Bertz CT molecular complexity index is 339. The molecule has 1 rings (SSSR count). The van der Waals surface area contributed by atoms with Gasteiger partial charge in [0.25, 0.3) is 0 Å². The normalized spacial score (nSPS) is 12.5. The Morgan fingerprint density at radius 3 is 2.75 bits per heavy atom. The Morgan fingerprint density at radius 2 is 2.12 bits per heavy atom. The van der Waals surface area contributed by atoms with E-state index in [4.69, 9.17) is 0 Å². The Labute approximate surface area is 92.6 Å². The van der Waals surface area contributed by atoms with Gasteiger partial charge in [-0.1, -0.05) is 31.9 Å². The highest BCUT2D eigenvalue weighted by Gasteiger charge is 2.34. The number of rotatable bonds is 5. The smallest absolute Gasteiger partial charge is 0.273 e. The molecular formula is C11H15F3N2. The molecular weight excluding hydrogens is 217 g/mol. The second kappa shape index (κ2) is 5.72. The van der Waals surface area contributed by atoms with Crippen molar-refractivity contribution in [2.45, 2.75) is 38.8 Å². The molecule has 0 radical (unpaired) electrons. The van der Waals surface area contributed by atoms with Crippen molar-refractivity contribution in [3.63, 3.8) is 0 Å². The first kappa shape index (κ1) is 12.8. The fraction of sp³-hybridized carbons (Fsp3) is 0.545. The van der Waals surface area contributed by atoms with Crippen LogP contribution in [0, 0.1) is 0 Å². The molecule has 0 aliphatic heterocycles. The number of aromatic nitrogens is 2. The molecule has 0 saturated heterocycles. The number of nitrogens with zero attached hydrogens (tertiary/aromatic N) is 1. The molecule has 5 heteroatoms. The van der Waals surface area contributed by atoms with Crippen LogP contribution >= 0.6 is 0 Å². The Balaban J connectivity index is 2.55. The molecule has 0 aliphatic rings. The number of hydrogen-bond acceptors (Lipinski definition) is 1. The zero-order valence-electron chi connectivity index (χ0n) is 9.14. The first-order chi connectivity index (χ1) is 7.55. The summed E-state index contributed by atoms with van der Waals surface area (Å²) in [4.78, 5) is 0. The SMILES string of the molecule is CCCC/C=C/Cc1cn[nH]c1C(F)(F)F. The minimum absolute atomic E-state index is 0.195. The van der Waals surface area contributed by atoms with E-state index in [1.807, 2.05) is 11.2 Å². The predicted molar refractivity (Wildman–Crippen MR) is 56.0 cm³/mol. The lowest BCUT2D eigenvalue weighted by atomic mass is 10.1. The lowest BCUT2D eigenvalue weighted by molar-refractivity contribution is -0.141. The molecule has 1 aromatic heterocycles. The molecule has 0 spiro atoms. The van der Waals surface area contributed by atoms with Crippen molar-refractivity contribution >= 4 is 0 Å². The number of halogens is 3. The van der Waals surface area contributed by atoms with Gasteiger partial charge in [-0.25, -0.2) is 0 Å². The van der Waals surface area contributed by atoms with Crippen LogP contribution in [0.15, 0.2) is 18.3 Å². The molecule has 0 atom stereocenters. The quantitative estimate of drug-likeness (QED) is 0.608. The van der Waals surface area contributed by atoms with Crippen LogP contribution in [0.1, 0.15) is 37.4 Å². The summed E-state index contributed by atoms with van der Waals surface area (Å²) in [6.45, 7) is 2.08. The zero-order chi connectivity index (χ0) is 12.0. The van der Waals surface area contributed by atoms with Crippen LogP contribution in [-0.2, 0) is 12.6 Å². The monoisotopic (exact) mass is 232 g/mol. The third-order valence-electron chi connectivity index (χ3n) is 2.23. The molecule has 2 nitrogen and oxygen atoms in total. The number of H-pyrrole nitrogens is 1. The number of alkyl halides is 3. The summed E-state index contributed by atoms with van der Waals surface area (Å²) in [5.41, 5.74) is -0.548. The third kappa shape index (κ3) is 3.72. The van der Waals surface area contributed by atoms with E-state index in [0.29, 0.717) is 0 Å². The van der Waals surface area contributed by atoms with Gasteiger partial charge in [0.2, 0.25) is 0 Å². The van der Waals surface area contributed by atoms with Crippen LogP contribution in [0.4, 0.5) is 13.2 Å². The van der Waals surface area contributed by atoms with E-state index in [0.717, 1.165) is 19.3 Å². The topological polar surface area (TPSA) is 28.7 Å².